The molecule has 0 unspecified atom stereocenters. The number of terminal acetylenes is 1. The van der Waals surface area contributed by atoms with Gasteiger partial charge in [0.25, 0.3) is 0 Å². The second kappa shape index (κ2) is 9.78. The highest BCUT2D eigenvalue weighted by atomic mass is 16.6. The van der Waals surface area contributed by atoms with Gasteiger partial charge in [-0.05, 0) is 0 Å². The third kappa shape index (κ3) is 8.78. The molecule has 0 bridgehead atoms. The lowest BCUT2D eigenvalue weighted by atomic mass is 10.6. The fourth-order valence-corrected chi connectivity index (χ4v) is 0.611. The molecule has 0 aromatic heterocycles. The normalized spacial score (nSPS) is 9.07. The van der Waals surface area contributed by atoms with Crippen molar-refractivity contribution in [3.05, 3.63) is 12.7 Å². The quantitative estimate of drug-likeness (QED) is 0.245. The molecule has 4 nitrogen and oxygen atoms in total. The Morgan fingerprint density at radius 2 is 1.93 bits per heavy atom. The predicted molar refractivity (Wildman–Crippen MR) is 51.6 cm³/mol. The standard InChI is InChI=1S/C10H14O4/c1-3-5-12-6-7-13-8-9-14-10(11)4-2/h1,4H,2,5-9H2. The van der Waals surface area contributed by atoms with Gasteiger partial charge in [-0.1, -0.05) is 12.5 Å². The highest BCUT2D eigenvalue weighted by molar-refractivity contribution is 5.81. The molecule has 0 spiro atoms. The summed E-state index contributed by atoms with van der Waals surface area (Å²) in [5.41, 5.74) is 0. The van der Waals surface area contributed by atoms with Crippen LogP contribution in [-0.4, -0.2) is 39.0 Å². The van der Waals surface area contributed by atoms with Crippen molar-refractivity contribution >= 4 is 5.97 Å². The van der Waals surface area contributed by atoms with Crippen LogP contribution in [0.1, 0.15) is 0 Å². The summed E-state index contributed by atoms with van der Waals surface area (Å²) in [6.45, 7) is 4.99. The zero-order valence-corrected chi connectivity index (χ0v) is 8.03. The van der Waals surface area contributed by atoms with Crippen LogP contribution in [0.5, 0.6) is 0 Å². The van der Waals surface area contributed by atoms with Crippen LogP contribution in [0.15, 0.2) is 12.7 Å². The van der Waals surface area contributed by atoms with Gasteiger partial charge in [0.2, 0.25) is 0 Å². The van der Waals surface area contributed by atoms with Crippen LogP contribution in [0.25, 0.3) is 0 Å². The van der Waals surface area contributed by atoms with Crippen LogP contribution in [0.4, 0.5) is 0 Å². The van der Waals surface area contributed by atoms with Crippen LogP contribution >= 0.6 is 0 Å². The Bertz CT molecular complexity index is 205. The number of hydrogen-bond donors (Lipinski definition) is 0. The molecule has 0 saturated heterocycles. The molecule has 78 valence electrons. The van der Waals surface area contributed by atoms with Gasteiger partial charge in [0.05, 0.1) is 19.8 Å². The van der Waals surface area contributed by atoms with Crippen LogP contribution in [0.2, 0.25) is 0 Å². The summed E-state index contributed by atoms with van der Waals surface area (Å²) < 4.78 is 14.7. The SMILES string of the molecule is C#CCOCCOCCOC(=O)C=C. The number of esters is 1. The maximum Gasteiger partial charge on any atom is 0.330 e. The molecule has 0 aromatic rings. The summed E-state index contributed by atoms with van der Waals surface area (Å²) in [7, 11) is 0. The van der Waals surface area contributed by atoms with Gasteiger partial charge in [0, 0.05) is 6.08 Å². The minimum atomic E-state index is -0.447. The molecule has 0 amide bonds. The summed E-state index contributed by atoms with van der Waals surface area (Å²) in [5, 5.41) is 0. The van der Waals surface area contributed by atoms with Crippen molar-refractivity contribution in [2.45, 2.75) is 0 Å². The average molecular weight is 198 g/mol. The lowest BCUT2D eigenvalue weighted by Gasteiger charge is -2.03. The highest BCUT2D eigenvalue weighted by Gasteiger charge is 1.94. The van der Waals surface area contributed by atoms with Crippen LogP contribution in [0.3, 0.4) is 0 Å². The first-order valence-electron chi connectivity index (χ1n) is 4.19. The largest absolute Gasteiger partial charge is 0.460 e. The van der Waals surface area contributed by atoms with Crippen LogP contribution in [-0.2, 0) is 19.0 Å². The van der Waals surface area contributed by atoms with Crippen molar-refractivity contribution < 1.29 is 19.0 Å². The van der Waals surface area contributed by atoms with Crippen molar-refractivity contribution in [1.82, 2.24) is 0 Å². The van der Waals surface area contributed by atoms with E-state index in [0.717, 1.165) is 6.08 Å². The van der Waals surface area contributed by atoms with Gasteiger partial charge in [-0.15, -0.1) is 6.42 Å². The van der Waals surface area contributed by atoms with E-state index in [2.05, 4.69) is 17.2 Å². The first-order valence-corrected chi connectivity index (χ1v) is 4.19. The lowest BCUT2D eigenvalue weighted by Crippen LogP contribution is -2.11. The molecular weight excluding hydrogens is 184 g/mol. The van der Waals surface area contributed by atoms with Crippen molar-refractivity contribution in [3.63, 3.8) is 0 Å². The van der Waals surface area contributed by atoms with Gasteiger partial charge in [-0.2, -0.15) is 0 Å². The van der Waals surface area contributed by atoms with Gasteiger partial charge in [-0.3, -0.25) is 0 Å². The molecular formula is C10H14O4. The average Bonchev–Trinajstić information content (AvgIpc) is 2.21. The van der Waals surface area contributed by atoms with Crippen molar-refractivity contribution in [3.8, 4) is 12.3 Å². The van der Waals surface area contributed by atoms with Crippen LogP contribution in [0, 0.1) is 12.3 Å². The van der Waals surface area contributed by atoms with Crippen molar-refractivity contribution in [2.24, 2.45) is 0 Å². The Morgan fingerprint density at radius 1 is 1.29 bits per heavy atom. The molecule has 0 aliphatic heterocycles. The third-order valence-corrected chi connectivity index (χ3v) is 1.20. The van der Waals surface area contributed by atoms with E-state index >= 15 is 0 Å². The number of carbonyl (C=O) groups excluding carboxylic acids is 1. The molecule has 0 aliphatic rings. The van der Waals surface area contributed by atoms with Gasteiger partial charge >= 0.3 is 5.97 Å². The zero-order valence-electron chi connectivity index (χ0n) is 8.03. The van der Waals surface area contributed by atoms with E-state index in [1.165, 1.54) is 0 Å². The Kier molecular flexibility index (Phi) is 8.86. The van der Waals surface area contributed by atoms with E-state index in [1.54, 1.807) is 0 Å². The number of ether oxygens (including phenoxy) is 3. The summed E-state index contributed by atoms with van der Waals surface area (Å²) >= 11 is 0. The summed E-state index contributed by atoms with van der Waals surface area (Å²) in [6.07, 6.45) is 6.06. The fraction of sp³-hybridized carbons (Fsp3) is 0.500. The highest BCUT2D eigenvalue weighted by Crippen LogP contribution is 1.82. The third-order valence-electron chi connectivity index (χ3n) is 1.20. The van der Waals surface area contributed by atoms with E-state index < -0.39 is 5.97 Å². The molecule has 4 heteroatoms. The molecule has 0 atom stereocenters. The maximum atomic E-state index is 10.5. The van der Waals surface area contributed by atoms with E-state index in [9.17, 15) is 4.79 Å². The summed E-state index contributed by atoms with van der Waals surface area (Å²) in [4.78, 5) is 10.5. The zero-order chi connectivity index (χ0) is 10.6. The predicted octanol–water partition coefficient (Wildman–Crippen LogP) is 0.382. The van der Waals surface area contributed by atoms with Gasteiger partial charge < -0.3 is 14.2 Å². The lowest BCUT2D eigenvalue weighted by molar-refractivity contribution is -0.139. The topological polar surface area (TPSA) is 44.8 Å². The molecule has 0 saturated carbocycles. The first kappa shape index (κ1) is 12.7. The molecule has 0 fully saturated rings. The Hall–Kier alpha value is -1.31. The smallest absolute Gasteiger partial charge is 0.330 e. The van der Waals surface area contributed by atoms with E-state index in [-0.39, 0.29) is 13.2 Å². The minimum Gasteiger partial charge on any atom is -0.460 e. The minimum absolute atomic E-state index is 0.222. The monoisotopic (exact) mass is 198 g/mol. The molecule has 0 aliphatic carbocycles. The second-order valence-electron chi connectivity index (χ2n) is 2.24. The van der Waals surface area contributed by atoms with E-state index in [0.29, 0.717) is 19.8 Å². The Morgan fingerprint density at radius 3 is 2.57 bits per heavy atom. The van der Waals surface area contributed by atoms with E-state index in [4.69, 9.17) is 15.9 Å². The Balaban J connectivity index is 3.03. The molecule has 0 heterocycles. The number of hydrogen-bond acceptors (Lipinski definition) is 4. The summed E-state index contributed by atoms with van der Waals surface area (Å²) in [6, 6.07) is 0. The number of rotatable bonds is 8. The summed E-state index contributed by atoms with van der Waals surface area (Å²) in [5.74, 6) is 1.89. The molecule has 14 heavy (non-hydrogen) atoms. The van der Waals surface area contributed by atoms with Gasteiger partial charge in [0.15, 0.2) is 0 Å². The maximum absolute atomic E-state index is 10.5. The van der Waals surface area contributed by atoms with Gasteiger partial charge in [0.1, 0.15) is 13.2 Å². The first-order chi connectivity index (χ1) is 6.81. The van der Waals surface area contributed by atoms with Crippen molar-refractivity contribution in [1.29, 1.82) is 0 Å². The number of carbonyl (C=O) groups is 1. The fourth-order valence-electron chi connectivity index (χ4n) is 0.611. The van der Waals surface area contributed by atoms with Crippen LogP contribution < -0.4 is 0 Å². The van der Waals surface area contributed by atoms with Crippen molar-refractivity contribution in [2.75, 3.05) is 33.0 Å². The van der Waals surface area contributed by atoms with Gasteiger partial charge in [-0.25, -0.2) is 4.79 Å². The van der Waals surface area contributed by atoms with E-state index in [1.807, 2.05) is 0 Å². The molecule has 0 rings (SSSR count). The molecule has 0 radical (unpaired) electrons. The molecule has 0 aromatic carbocycles. The Labute approximate surface area is 83.8 Å². The second-order valence-corrected chi connectivity index (χ2v) is 2.24. The molecule has 0 N–H and O–H groups in total.